The molecule has 2 atom stereocenters. The van der Waals surface area contributed by atoms with Crippen molar-refractivity contribution in [2.45, 2.75) is 18.6 Å². The van der Waals surface area contributed by atoms with Gasteiger partial charge in [0.15, 0.2) is 5.60 Å². The number of benzene rings is 1. The molecular formula is C14H16N2O. The van der Waals surface area contributed by atoms with E-state index < -0.39 is 5.60 Å². The number of likely N-dealkylation sites (tertiary alicyclic amines) is 1. The van der Waals surface area contributed by atoms with E-state index in [1.54, 1.807) is 0 Å². The van der Waals surface area contributed by atoms with Crippen LogP contribution < -0.4 is 0 Å². The normalized spacial score (nSPS) is 32.3. The van der Waals surface area contributed by atoms with Gasteiger partial charge in [0.05, 0.1) is 6.07 Å². The van der Waals surface area contributed by atoms with Crippen molar-refractivity contribution in [3.63, 3.8) is 0 Å². The predicted octanol–water partition coefficient (Wildman–Crippen LogP) is 1.80. The zero-order chi connectivity index (χ0) is 11.7. The molecule has 1 aromatic carbocycles. The van der Waals surface area contributed by atoms with Crippen LogP contribution in [0.25, 0.3) is 0 Å². The second-order valence-corrected chi connectivity index (χ2v) is 4.99. The van der Waals surface area contributed by atoms with Crippen molar-refractivity contribution >= 4 is 0 Å². The fourth-order valence-electron chi connectivity index (χ4n) is 2.98. The summed E-state index contributed by atoms with van der Waals surface area (Å²) in [7, 11) is 0. The molecule has 0 spiro atoms. The van der Waals surface area contributed by atoms with Gasteiger partial charge in [-0.1, -0.05) is 30.3 Å². The van der Waals surface area contributed by atoms with Gasteiger partial charge in [-0.15, -0.1) is 0 Å². The standard InChI is InChI=1S/C14H16N2O/c15-10-14-11-16(9-13(14)6-7-17-14)8-12-4-2-1-3-5-12/h1-5,13H,6-9,11H2/t13-,14+/m1/s1. The van der Waals surface area contributed by atoms with Crippen LogP contribution in [0.15, 0.2) is 30.3 Å². The van der Waals surface area contributed by atoms with Crippen LogP contribution in [-0.4, -0.2) is 30.2 Å². The van der Waals surface area contributed by atoms with Crippen LogP contribution in [0.5, 0.6) is 0 Å². The lowest BCUT2D eigenvalue weighted by Crippen LogP contribution is -2.34. The van der Waals surface area contributed by atoms with Crippen molar-refractivity contribution in [2.75, 3.05) is 19.7 Å². The average molecular weight is 228 g/mol. The van der Waals surface area contributed by atoms with Gasteiger partial charge >= 0.3 is 0 Å². The number of hydrogen-bond acceptors (Lipinski definition) is 3. The van der Waals surface area contributed by atoms with E-state index in [4.69, 9.17) is 4.74 Å². The van der Waals surface area contributed by atoms with Crippen LogP contribution >= 0.6 is 0 Å². The minimum Gasteiger partial charge on any atom is -0.358 e. The van der Waals surface area contributed by atoms with Crippen molar-refractivity contribution in [3.05, 3.63) is 35.9 Å². The van der Waals surface area contributed by atoms with Gasteiger partial charge in [0.2, 0.25) is 0 Å². The predicted molar refractivity (Wildman–Crippen MR) is 64.1 cm³/mol. The third-order valence-electron chi connectivity index (χ3n) is 3.86. The molecule has 0 aromatic heterocycles. The highest BCUT2D eigenvalue weighted by atomic mass is 16.5. The number of fused-ring (bicyclic) bond motifs is 1. The maximum Gasteiger partial charge on any atom is 0.170 e. The molecule has 0 bridgehead atoms. The minimum atomic E-state index is -0.519. The Hall–Kier alpha value is -1.37. The van der Waals surface area contributed by atoms with Gasteiger partial charge in [-0.05, 0) is 12.0 Å². The van der Waals surface area contributed by atoms with Crippen molar-refractivity contribution < 1.29 is 4.74 Å². The van der Waals surface area contributed by atoms with E-state index >= 15 is 0 Å². The van der Waals surface area contributed by atoms with Crippen molar-refractivity contribution in [1.29, 1.82) is 5.26 Å². The average Bonchev–Trinajstić information content (AvgIpc) is 2.87. The Morgan fingerprint density at radius 1 is 1.41 bits per heavy atom. The van der Waals surface area contributed by atoms with Crippen LogP contribution in [0, 0.1) is 17.2 Å². The zero-order valence-corrected chi connectivity index (χ0v) is 9.80. The molecule has 1 aromatic rings. The first kappa shape index (κ1) is 10.8. The lowest BCUT2D eigenvalue weighted by atomic mass is 9.93. The van der Waals surface area contributed by atoms with Gasteiger partial charge in [-0.2, -0.15) is 5.26 Å². The van der Waals surface area contributed by atoms with Gasteiger partial charge in [0.1, 0.15) is 0 Å². The fourth-order valence-corrected chi connectivity index (χ4v) is 2.98. The molecule has 0 amide bonds. The Balaban J connectivity index is 1.71. The molecule has 3 heteroatoms. The van der Waals surface area contributed by atoms with E-state index in [0.717, 1.165) is 32.7 Å². The Morgan fingerprint density at radius 2 is 2.24 bits per heavy atom. The van der Waals surface area contributed by atoms with Crippen LogP contribution in [0.3, 0.4) is 0 Å². The molecule has 0 radical (unpaired) electrons. The summed E-state index contributed by atoms with van der Waals surface area (Å²) in [6.07, 6.45) is 1.03. The number of rotatable bonds is 2. The van der Waals surface area contributed by atoms with E-state index in [-0.39, 0.29) is 0 Å². The molecule has 2 aliphatic rings. The Kier molecular flexibility index (Phi) is 2.62. The molecule has 0 aliphatic carbocycles. The quantitative estimate of drug-likeness (QED) is 0.774. The summed E-state index contributed by atoms with van der Waals surface area (Å²) in [5.74, 6) is 0.399. The molecule has 3 nitrogen and oxygen atoms in total. The first-order valence-electron chi connectivity index (χ1n) is 6.14. The van der Waals surface area contributed by atoms with Crippen molar-refractivity contribution in [1.82, 2.24) is 4.90 Å². The van der Waals surface area contributed by atoms with Gasteiger partial charge < -0.3 is 4.74 Å². The van der Waals surface area contributed by atoms with E-state index in [0.29, 0.717) is 5.92 Å². The Morgan fingerprint density at radius 3 is 2.94 bits per heavy atom. The fraction of sp³-hybridized carbons (Fsp3) is 0.500. The summed E-state index contributed by atoms with van der Waals surface area (Å²) in [4.78, 5) is 2.34. The summed E-state index contributed by atoms with van der Waals surface area (Å²) in [5.41, 5.74) is 0.787. The Labute approximate surface area is 102 Å². The third-order valence-corrected chi connectivity index (χ3v) is 3.86. The summed E-state index contributed by atoms with van der Waals surface area (Å²) < 4.78 is 5.68. The summed E-state index contributed by atoms with van der Waals surface area (Å²) in [6.45, 7) is 3.41. The number of ether oxygens (including phenoxy) is 1. The molecule has 0 saturated carbocycles. The SMILES string of the molecule is N#C[C@]12CN(Cc3ccccc3)C[C@H]1CCO2. The first-order valence-corrected chi connectivity index (χ1v) is 6.14. The van der Waals surface area contributed by atoms with Crippen molar-refractivity contribution in [2.24, 2.45) is 5.92 Å². The highest BCUT2D eigenvalue weighted by Crippen LogP contribution is 2.38. The molecule has 0 unspecified atom stereocenters. The van der Waals surface area contributed by atoms with Gasteiger partial charge in [0.25, 0.3) is 0 Å². The molecule has 17 heavy (non-hydrogen) atoms. The largest absolute Gasteiger partial charge is 0.358 e. The smallest absolute Gasteiger partial charge is 0.170 e. The number of hydrogen-bond donors (Lipinski definition) is 0. The maximum absolute atomic E-state index is 9.31. The molecule has 88 valence electrons. The van der Waals surface area contributed by atoms with Crippen LogP contribution in [-0.2, 0) is 11.3 Å². The molecule has 2 heterocycles. The van der Waals surface area contributed by atoms with Crippen LogP contribution in [0.1, 0.15) is 12.0 Å². The molecule has 0 N–H and O–H groups in total. The van der Waals surface area contributed by atoms with Gasteiger partial charge in [-0.25, -0.2) is 0 Å². The second kappa shape index (κ2) is 4.14. The molecule has 2 fully saturated rings. The van der Waals surface area contributed by atoms with Gasteiger partial charge in [-0.3, -0.25) is 4.90 Å². The van der Waals surface area contributed by atoms with Gasteiger partial charge in [0, 0.05) is 32.2 Å². The third kappa shape index (κ3) is 1.84. The van der Waals surface area contributed by atoms with Crippen LogP contribution in [0.4, 0.5) is 0 Å². The number of nitrogens with zero attached hydrogens (tertiary/aromatic N) is 2. The highest BCUT2D eigenvalue weighted by Gasteiger charge is 2.51. The molecule has 2 aliphatic heterocycles. The Bertz CT molecular complexity index is 439. The molecule has 2 saturated heterocycles. The summed E-state index contributed by atoms with van der Waals surface area (Å²) in [5, 5.41) is 9.31. The second-order valence-electron chi connectivity index (χ2n) is 4.99. The van der Waals surface area contributed by atoms with Crippen molar-refractivity contribution in [3.8, 4) is 6.07 Å². The summed E-state index contributed by atoms with van der Waals surface area (Å²) >= 11 is 0. The first-order chi connectivity index (χ1) is 8.32. The maximum atomic E-state index is 9.31. The topological polar surface area (TPSA) is 36.3 Å². The van der Waals surface area contributed by atoms with Crippen LogP contribution in [0.2, 0.25) is 0 Å². The monoisotopic (exact) mass is 228 g/mol. The zero-order valence-electron chi connectivity index (χ0n) is 9.80. The highest BCUT2D eigenvalue weighted by molar-refractivity contribution is 5.18. The lowest BCUT2D eigenvalue weighted by molar-refractivity contribution is 0.0408. The van der Waals surface area contributed by atoms with E-state index in [1.807, 2.05) is 6.07 Å². The molecule has 3 rings (SSSR count). The number of nitriles is 1. The van der Waals surface area contributed by atoms with E-state index in [2.05, 4.69) is 35.2 Å². The summed E-state index contributed by atoms with van der Waals surface area (Å²) in [6, 6.07) is 12.8. The van der Waals surface area contributed by atoms with E-state index in [1.165, 1.54) is 5.56 Å². The lowest BCUT2D eigenvalue weighted by Gasteiger charge is -2.20. The molecular weight excluding hydrogens is 212 g/mol. The van der Waals surface area contributed by atoms with E-state index in [9.17, 15) is 5.26 Å². The minimum absolute atomic E-state index is 0.399.